The van der Waals surface area contributed by atoms with E-state index in [-0.39, 0.29) is 4.21 Å². The van der Waals surface area contributed by atoms with Crippen molar-refractivity contribution in [3.05, 3.63) is 17.5 Å². The first-order valence-corrected chi connectivity index (χ1v) is 7.77. The molecule has 4 N–H and O–H groups in total. The molecule has 1 aromatic rings. The molecule has 1 unspecified atom stereocenters. The van der Waals surface area contributed by atoms with E-state index in [4.69, 9.17) is 5.11 Å². The number of aliphatic carboxylic acids is 1. The van der Waals surface area contributed by atoms with Crippen molar-refractivity contribution >= 4 is 33.2 Å². The number of rotatable bonds is 7. The minimum atomic E-state index is -3.75. The Kier molecular flexibility index (Phi) is 5.22. The molecule has 10 heteroatoms. The van der Waals surface area contributed by atoms with Crippen molar-refractivity contribution in [3.8, 4) is 0 Å². The van der Waals surface area contributed by atoms with Crippen molar-refractivity contribution in [1.82, 2.24) is 10.0 Å². The van der Waals surface area contributed by atoms with Crippen LogP contribution in [-0.2, 0) is 19.6 Å². The number of hydrogen-bond acceptors (Lipinski definition) is 6. The van der Waals surface area contributed by atoms with E-state index in [1.165, 1.54) is 6.07 Å². The summed E-state index contributed by atoms with van der Waals surface area (Å²) in [5, 5.41) is 21.7. The van der Waals surface area contributed by atoms with E-state index in [0.717, 1.165) is 18.3 Å². The first kappa shape index (κ1) is 16.6. The lowest BCUT2D eigenvalue weighted by molar-refractivity contribution is -0.156. The number of nitrogens with one attached hydrogen (secondary N) is 2. The minimum absolute atomic E-state index is 0.0721. The van der Waals surface area contributed by atoms with Gasteiger partial charge in [-0.25, -0.2) is 17.9 Å². The summed E-state index contributed by atoms with van der Waals surface area (Å²) in [4.78, 5) is 22.0. The third-order valence-electron chi connectivity index (χ3n) is 2.27. The van der Waals surface area contributed by atoms with Gasteiger partial charge in [0.25, 0.3) is 10.0 Å². The maximum Gasteiger partial charge on any atom is 0.337 e. The summed E-state index contributed by atoms with van der Waals surface area (Å²) >= 11 is 1.00. The van der Waals surface area contributed by atoms with Gasteiger partial charge in [0.2, 0.25) is 5.91 Å². The van der Waals surface area contributed by atoms with Gasteiger partial charge in [0, 0.05) is 0 Å². The summed E-state index contributed by atoms with van der Waals surface area (Å²) < 4.78 is 25.5. The maximum absolute atomic E-state index is 11.7. The second kappa shape index (κ2) is 6.31. The third-order valence-corrected chi connectivity index (χ3v) is 5.07. The molecule has 1 atom stereocenters. The van der Waals surface area contributed by atoms with Crippen LogP contribution < -0.4 is 10.0 Å². The number of amides is 1. The second-order valence-electron chi connectivity index (χ2n) is 4.11. The lowest BCUT2D eigenvalue weighted by Crippen LogP contribution is -2.48. The van der Waals surface area contributed by atoms with Crippen LogP contribution in [0.1, 0.15) is 6.92 Å². The van der Waals surface area contributed by atoms with Gasteiger partial charge in [0.15, 0.2) is 5.60 Å². The van der Waals surface area contributed by atoms with Crippen molar-refractivity contribution in [1.29, 1.82) is 0 Å². The summed E-state index contributed by atoms with van der Waals surface area (Å²) in [6.45, 7) is -0.0523. The average molecular weight is 322 g/mol. The summed E-state index contributed by atoms with van der Waals surface area (Å²) in [5.41, 5.74) is -2.11. The molecule has 20 heavy (non-hydrogen) atoms. The molecule has 0 fully saturated rings. The molecule has 1 rings (SSSR count). The highest BCUT2D eigenvalue weighted by Gasteiger charge is 2.30. The highest BCUT2D eigenvalue weighted by molar-refractivity contribution is 7.91. The summed E-state index contributed by atoms with van der Waals surface area (Å²) in [6, 6.07) is 2.95. The quantitative estimate of drug-likeness (QED) is 0.508. The lowest BCUT2D eigenvalue weighted by Gasteiger charge is -2.18. The van der Waals surface area contributed by atoms with Crippen molar-refractivity contribution in [2.24, 2.45) is 0 Å². The molecule has 0 saturated heterocycles. The second-order valence-corrected chi connectivity index (χ2v) is 7.05. The van der Waals surface area contributed by atoms with E-state index in [9.17, 15) is 23.1 Å². The smallest absolute Gasteiger partial charge is 0.337 e. The van der Waals surface area contributed by atoms with E-state index in [2.05, 4.69) is 10.0 Å². The molecule has 8 nitrogen and oxygen atoms in total. The topological polar surface area (TPSA) is 133 Å². The molecule has 1 amide bonds. The normalized spacial score (nSPS) is 14.5. The van der Waals surface area contributed by atoms with Gasteiger partial charge in [-0.15, -0.1) is 11.3 Å². The number of carbonyl (C=O) groups excluding carboxylic acids is 1. The van der Waals surface area contributed by atoms with Gasteiger partial charge in [-0.05, 0) is 18.4 Å². The van der Waals surface area contributed by atoms with Crippen LogP contribution in [0.5, 0.6) is 0 Å². The Hall–Kier alpha value is -1.49. The molecule has 0 radical (unpaired) electrons. The highest BCUT2D eigenvalue weighted by atomic mass is 32.2. The summed E-state index contributed by atoms with van der Waals surface area (Å²) in [7, 11) is -3.75. The number of thiophene rings is 1. The molecular weight excluding hydrogens is 308 g/mol. The molecule has 0 aliphatic carbocycles. The lowest BCUT2D eigenvalue weighted by atomic mass is 10.1. The molecule has 112 valence electrons. The minimum Gasteiger partial charge on any atom is -0.479 e. The first-order chi connectivity index (χ1) is 9.15. The molecule has 0 aliphatic heterocycles. The number of carbonyl (C=O) groups is 2. The van der Waals surface area contributed by atoms with Gasteiger partial charge in [0.1, 0.15) is 4.21 Å². The SMILES string of the molecule is CC(O)(CNC(=O)CNS(=O)(=O)c1cccs1)C(=O)O. The molecule has 1 heterocycles. The Balaban J connectivity index is 2.47. The molecule has 1 aromatic heterocycles. The average Bonchev–Trinajstić information content (AvgIpc) is 2.88. The van der Waals surface area contributed by atoms with Crippen LogP contribution in [0.15, 0.2) is 21.7 Å². The van der Waals surface area contributed by atoms with Crippen LogP contribution in [0, 0.1) is 0 Å². The number of sulfonamides is 1. The fraction of sp³-hybridized carbons (Fsp3) is 0.400. The zero-order chi connectivity index (χ0) is 15.4. The van der Waals surface area contributed by atoms with Gasteiger partial charge < -0.3 is 15.5 Å². The molecular formula is C10H14N2O6S2. The number of carboxylic acids is 1. The van der Waals surface area contributed by atoms with E-state index in [1.54, 1.807) is 11.4 Å². The van der Waals surface area contributed by atoms with E-state index >= 15 is 0 Å². The zero-order valence-electron chi connectivity index (χ0n) is 10.5. The Morgan fingerprint density at radius 3 is 2.60 bits per heavy atom. The fourth-order valence-corrected chi connectivity index (χ4v) is 3.08. The van der Waals surface area contributed by atoms with Crippen LogP contribution in [0.4, 0.5) is 0 Å². The number of hydrogen-bond donors (Lipinski definition) is 4. The molecule has 0 aliphatic rings. The van der Waals surface area contributed by atoms with Crippen LogP contribution in [-0.4, -0.2) is 49.2 Å². The highest BCUT2D eigenvalue weighted by Crippen LogP contribution is 2.14. The van der Waals surface area contributed by atoms with Gasteiger partial charge in [-0.2, -0.15) is 0 Å². The zero-order valence-corrected chi connectivity index (χ0v) is 12.1. The predicted molar refractivity (Wildman–Crippen MR) is 70.8 cm³/mol. The largest absolute Gasteiger partial charge is 0.479 e. The molecule has 0 aromatic carbocycles. The summed E-state index contributed by atoms with van der Waals surface area (Å²) in [6.07, 6.45) is 0. The third kappa shape index (κ3) is 4.56. The van der Waals surface area contributed by atoms with E-state index < -0.39 is 40.6 Å². The maximum atomic E-state index is 11.7. The molecule has 0 bridgehead atoms. The monoisotopic (exact) mass is 322 g/mol. The van der Waals surface area contributed by atoms with Gasteiger partial charge >= 0.3 is 5.97 Å². The van der Waals surface area contributed by atoms with Crippen LogP contribution in [0.2, 0.25) is 0 Å². The van der Waals surface area contributed by atoms with E-state index in [0.29, 0.717) is 0 Å². The Labute approximate surface area is 119 Å². The summed E-state index contributed by atoms with van der Waals surface area (Å²) in [5.74, 6) is -2.23. The van der Waals surface area contributed by atoms with Gasteiger partial charge in [-0.1, -0.05) is 6.07 Å². The van der Waals surface area contributed by atoms with Crippen LogP contribution >= 0.6 is 11.3 Å². The van der Waals surface area contributed by atoms with Gasteiger partial charge in [0.05, 0.1) is 13.1 Å². The number of carboxylic acid groups (broad SMARTS) is 1. The Morgan fingerprint density at radius 1 is 1.45 bits per heavy atom. The van der Waals surface area contributed by atoms with Crippen LogP contribution in [0.25, 0.3) is 0 Å². The predicted octanol–water partition coefficient (Wildman–Crippen LogP) is -1.02. The van der Waals surface area contributed by atoms with E-state index in [1.807, 2.05) is 0 Å². The Bertz CT molecular complexity index is 579. The van der Waals surface area contributed by atoms with Gasteiger partial charge in [-0.3, -0.25) is 4.79 Å². The number of aliphatic hydroxyl groups is 1. The van der Waals surface area contributed by atoms with Crippen molar-refractivity contribution in [3.63, 3.8) is 0 Å². The molecule has 0 saturated carbocycles. The van der Waals surface area contributed by atoms with Crippen molar-refractivity contribution < 1.29 is 28.2 Å². The fourth-order valence-electron chi connectivity index (χ4n) is 1.06. The van der Waals surface area contributed by atoms with Crippen LogP contribution in [0.3, 0.4) is 0 Å². The Morgan fingerprint density at radius 2 is 2.10 bits per heavy atom. The standard InChI is InChI=1S/C10H14N2O6S2/c1-10(16,9(14)15)6-11-7(13)5-12-20(17,18)8-3-2-4-19-8/h2-4,12,16H,5-6H2,1H3,(H,11,13)(H,14,15). The first-order valence-electron chi connectivity index (χ1n) is 5.41. The molecule has 0 spiro atoms. The van der Waals surface area contributed by atoms with Crippen molar-refractivity contribution in [2.45, 2.75) is 16.7 Å². The van der Waals surface area contributed by atoms with Crippen molar-refractivity contribution in [2.75, 3.05) is 13.1 Å².